The van der Waals surface area contributed by atoms with E-state index in [4.69, 9.17) is 16.8 Å². The highest BCUT2D eigenvalue weighted by Gasteiger charge is 2.13. The van der Waals surface area contributed by atoms with Crippen molar-refractivity contribution in [2.75, 3.05) is 11.9 Å². The number of anilines is 1. The van der Waals surface area contributed by atoms with Crippen molar-refractivity contribution in [3.8, 4) is 11.8 Å². The van der Waals surface area contributed by atoms with Crippen molar-refractivity contribution >= 4 is 29.0 Å². The van der Waals surface area contributed by atoms with Crippen LogP contribution in [-0.2, 0) is 4.79 Å². The highest BCUT2D eigenvalue weighted by atomic mass is 35.5. The van der Waals surface area contributed by atoms with E-state index in [1.54, 1.807) is 22.0 Å². The topological polar surface area (TPSA) is 78.7 Å². The molecule has 0 aromatic carbocycles. The molecule has 1 amide bonds. The summed E-state index contributed by atoms with van der Waals surface area (Å²) in [6, 6.07) is 5.36. The fourth-order valence-electron chi connectivity index (χ4n) is 2.11. The van der Waals surface area contributed by atoms with E-state index >= 15 is 0 Å². The molecule has 0 fully saturated rings. The van der Waals surface area contributed by atoms with E-state index in [1.165, 1.54) is 0 Å². The number of hydrogen-bond donors (Lipinski definition) is 3. The van der Waals surface area contributed by atoms with Gasteiger partial charge in [-0.3, -0.25) is 14.4 Å². The molecule has 0 aliphatic heterocycles. The Morgan fingerprint density at radius 1 is 1.43 bits per heavy atom. The summed E-state index contributed by atoms with van der Waals surface area (Å²) >= 11 is 6.24. The van der Waals surface area contributed by atoms with Gasteiger partial charge in [0, 0.05) is 6.42 Å². The molecule has 122 valence electrons. The summed E-state index contributed by atoms with van der Waals surface area (Å²) in [6.45, 7) is 2.04. The van der Waals surface area contributed by atoms with Crippen molar-refractivity contribution in [3.05, 3.63) is 29.0 Å². The minimum atomic E-state index is -0.560. The van der Waals surface area contributed by atoms with Gasteiger partial charge in [0.1, 0.15) is 16.5 Å². The zero-order valence-corrected chi connectivity index (χ0v) is 13.7. The second-order valence-electron chi connectivity index (χ2n) is 5.00. The number of aromatic nitrogens is 2. The SMILES string of the molecule is CCCCCC#Cc1c(NCC(=O)NO)nc2cccc(Cl)n12. The number of pyridine rings is 1. The van der Waals surface area contributed by atoms with Crippen molar-refractivity contribution in [3.63, 3.8) is 0 Å². The first kappa shape index (κ1) is 17.1. The Hall–Kier alpha value is -2.23. The van der Waals surface area contributed by atoms with E-state index in [9.17, 15) is 4.79 Å². The van der Waals surface area contributed by atoms with Gasteiger partial charge in [-0.15, -0.1) is 0 Å². The number of hydrogen-bond acceptors (Lipinski definition) is 4. The molecule has 0 bridgehead atoms. The first-order chi connectivity index (χ1) is 11.2. The monoisotopic (exact) mass is 334 g/mol. The minimum Gasteiger partial charge on any atom is -0.359 e. The molecule has 3 N–H and O–H groups in total. The number of nitrogens with zero attached hydrogens (tertiary/aromatic N) is 2. The first-order valence-corrected chi connectivity index (χ1v) is 7.87. The molecule has 0 unspecified atom stereocenters. The molecule has 0 spiro atoms. The van der Waals surface area contributed by atoms with E-state index in [2.05, 4.69) is 29.1 Å². The van der Waals surface area contributed by atoms with Crippen LogP contribution >= 0.6 is 11.6 Å². The fraction of sp³-hybridized carbons (Fsp3) is 0.375. The second kappa shape index (κ2) is 8.42. The maximum absolute atomic E-state index is 11.2. The summed E-state index contributed by atoms with van der Waals surface area (Å²) in [5.41, 5.74) is 2.81. The molecule has 23 heavy (non-hydrogen) atoms. The number of fused-ring (bicyclic) bond motifs is 1. The Labute approximate surface area is 139 Å². The predicted molar refractivity (Wildman–Crippen MR) is 89.6 cm³/mol. The fourth-order valence-corrected chi connectivity index (χ4v) is 2.35. The summed E-state index contributed by atoms with van der Waals surface area (Å²) in [4.78, 5) is 15.6. The number of nitrogens with one attached hydrogen (secondary N) is 2. The van der Waals surface area contributed by atoms with Gasteiger partial charge in [0.15, 0.2) is 5.82 Å². The summed E-state index contributed by atoms with van der Waals surface area (Å²) in [5, 5.41) is 11.9. The van der Waals surface area contributed by atoms with Crippen LogP contribution in [0, 0.1) is 11.8 Å². The van der Waals surface area contributed by atoms with Gasteiger partial charge >= 0.3 is 0 Å². The number of carbonyl (C=O) groups is 1. The van der Waals surface area contributed by atoms with Crippen molar-refractivity contribution in [2.45, 2.75) is 32.6 Å². The molecule has 0 atom stereocenters. The van der Waals surface area contributed by atoms with Crippen LogP contribution in [0.2, 0.25) is 5.15 Å². The molecule has 0 aliphatic rings. The summed E-state index contributed by atoms with van der Waals surface area (Å²) < 4.78 is 1.73. The molecule has 2 rings (SSSR count). The van der Waals surface area contributed by atoms with E-state index < -0.39 is 5.91 Å². The van der Waals surface area contributed by atoms with Crippen LogP contribution < -0.4 is 10.8 Å². The molecule has 6 nitrogen and oxygen atoms in total. The maximum Gasteiger partial charge on any atom is 0.262 e. The number of unbranched alkanes of at least 4 members (excludes halogenated alkanes) is 3. The van der Waals surface area contributed by atoms with Crippen molar-refractivity contribution in [1.82, 2.24) is 14.9 Å². The Kier molecular flexibility index (Phi) is 6.27. The van der Waals surface area contributed by atoms with Crippen LogP contribution in [0.1, 0.15) is 38.3 Å². The van der Waals surface area contributed by atoms with Crippen LogP contribution in [-0.4, -0.2) is 27.0 Å². The Morgan fingerprint density at radius 2 is 2.26 bits per heavy atom. The number of halogens is 1. The molecule has 0 saturated carbocycles. The lowest BCUT2D eigenvalue weighted by Crippen LogP contribution is -2.27. The molecule has 0 aliphatic carbocycles. The van der Waals surface area contributed by atoms with Gasteiger partial charge in [0.25, 0.3) is 5.91 Å². The lowest BCUT2D eigenvalue weighted by molar-refractivity contribution is -0.127. The highest BCUT2D eigenvalue weighted by molar-refractivity contribution is 6.29. The average Bonchev–Trinajstić information content (AvgIpc) is 2.91. The number of hydroxylamine groups is 1. The molecule has 0 radical (unpaired) electrons. The van der Waals surface area contributed by atoms with E-state index in [0.717, 1.165) is 25.7 Å². The zero-order valence-electron chi connectivity index (χ0n) is 12.9. The van der Waals surface area contributed by atoms with Gasteiger partial charge in [-0.1, -0.05) is 43.4 Å². The van der Waals surface area contributed by atoms with Crippen LogP contribution in [0.3, 0.4) is 0 Å². The van der Waals surface area contributed by atoms with E-state index in [1.807, 2.05) is 6.07 Å². The number of rotatable bonds is 6. The Balaban J connectivity index is 2.31. The zero-order chi connectivity index (χ0) is 16.7. The summed E-state index contributed by atoms with van der Waals surface area (Å²) in [6.07, 6.45) is 4.13. The molecular formula is C16H19ClN4O2. The molecule has 2 aromatic heterocycles. The second-order valence-corrected chi connectivity index (χ2v) is 5.39. The third-order valence-corrected chi connectivity index (χ3v) is 3.54. The normalized spacial score (nSPS) is 10.2. The van der Waals surface area contributed by atoms with Crippen LogP contribution in [0.25, 0.3) is 5.65 Å². The molecule has 2 aromatic rings. The summed E-state index contributed by atoms with van der Waals surface area (Å²) in [5.74, 6) is 6.11. The van der Waals surface area contributed by atoms with Crippen LogP contribution in [0.15, 0.2) is 18.2 Å². The lowest BCUT2D eigenvalue weighted by Gasteiger charge is -2.02. The van der Waals surface area contributed by atoms with Crippen LogP contribution in [0.4, 0.5) is 5.82 Å². The molecule has 2 heterocycles. The molecule has 0 saturated heterocycles. The van der Waals surface area contributed by atoms with Gasteiger partial charge in [-0.2, -0.15) is 0 Å². The summed E-state index contributed by atoms with van der Waals surface area (Å²) in [7, 11) is 0. The highest BCUT2D eigenvalue weighted by Crippen LogP contribution is 2.21. The Morgan fingerprint density at radius 3 is 3.00 bits per heavy atom. The van der Waals surface area contributed by atoms with Gasteiger partial charge < -0.3 is 5.32 Å². The molecule has 7 heteroatoms. The Bertz CT molecular complexity index is 746. The third kappa shape index (κ3) is 4.38. The van der Waals surface area contributed by atoms with Gasteiger partial charge in [-0.25, -0.2) is 10.5 Å². The molecular weight excluding hydrogens is 316 g/mol. The van der Waals surface area contributed by atoms with Gasteiger partial charge in [0.05, 0.1) is 6.54 Å². The smallest absolute Gasteiger partial charge is 0.262 e. The predicted octanol–water partition coefficient (Wildman–Crippen LogP) is 2.84. The minimum absolute atomic E-state index is 0.109. The van der Waals surface area contributed by atoms with Crippen molar-refractivity contribution in [2.24, 2.45) is 0 Å². The largest absolute Gasteiger partial charge is 0.359 e. The van der Waals surface area contributed by atoms with Crippen LogP contribution in [0.5, 0.6) is 0 Å². The average molecular weight is 335 g/mol. The van der Waals surface area contributed by atoms with E-state index in [0.29, 0.717) is 22.3 Å². The quantitative estimate of drug-likeness (QED) is 0.249. The lowest BCUT2D eigenvalue weighted by atomic mass is 10.2. The van der Waals surface area contributed by atoms with Crippen molar-refractivity contribution < 1.29 is 10.0 Å². The van der Waals surface area contributed by atoms with Crippen molar-refractivity contribution in [1.29, 1.82) is 0 Å². The van der Waals surface area contributed by atoms with Gasteiger partial charge in [0.2, 0.25) is 0 Å². The first-order valence-electron chi connectivity index (χ1n) is 7.50. The number of amides is 1. The number of carbonyl (C=O) groups excluding carboxylic acids is 1. The third-order valence-electron chi connectivity index (χ3n) is 3.25. The van der Waals surface area contributed by atoms with E-state index in [-0.39, 0.29) is 6.54 Å². The standard InChI is InChI=1S/C16H19ClN4O2/c1-2-3-4-5-6-8-12-16(18-11-15(22)20-23)19-14-10-7-9-13(17)21(12)14/h7,9-10,18,23H,2-5,11H2,1H3,(H,20,22). The maximum atomic E-state index is 11.2. The van der Waals surface area contributed by atoms with Gasteiger partial charge in [-0.05, 0) is 24.5 Å². The number of imidazole rings is 1.